The molecule has 0 radical (unpaired) electrons. The normalized spacial score (nSPS) is 16.5. The molecule has 1 amide bonds. The number of carbonyl (C=O) groups excluding carboxylic acids is 2. The second-order valence-corrected chi connectivity index (χ2v) is 8.65. The Morgan fingerprint density at radius 1 is 1.21 bits per heavy atom. The third kappa shape index (κ3) is 5.07. The highest BCUT2D eigenvalue weighted by molar-refractivity contribution is 6.33. The van der Waals surface area contributed by atoms with E-state index in [1.54, 1.807) is 24.0 Å². The second-order valence-electron chi connectivity index (χ2n) is 8.24. The van der Waals surface area contributed by atoms with Crippen molar-refractivity contribution in [3.63, 3.8) is 0 Å². The largest absolute Gasteiger partial charge is 0.481 e. The zero-order valence-electron chi connectivity index (χ0n) is 18.7. The van der Waals surface area contributed by atoms with Crippen molar-refractivity contribution in [2.45, 2.75) is 25.9 Å². The molecule has 7 nitrogen and oxygen atoms in total. The minimum atomic E-state index is -0.782. The molecule has 1 aliphatic heterocycles. The van der Waals surface area contributed by atoms with Gasteiger partial charge in [0, 0.05) is 41.7 Å². The van der Waals surface area contributed by atoms with E-state index in [2.05, 4.69) is 0 Å². The van der Waals surface area contributed by atoms with Crippen LogP contribution >= 0.6 is 11.6 Å². The fraction of sp³-hybridized carbons (Fsp3) is 0.320. The van der Waals surface area contributed by atoms with E-state index >= 15 is 0 Å². The highest BCUT2D eigenvalue weighted by Gasteiger charge is 2.31. The van der Waals surface area contributed by atoms with E-state index in [0.717, 1.165) is 6.42 Å². The maximum absolute atomic E-state index is 13.5. The third-order valence-corrected chi connectivity index (χ3v) is 6.19. The van der Waals surface area contributed by atoms with E-state index in [4.69, 9.17) is 25.5 Å². The quantitative estimate of drug-likeness (QED) is 0.377. The third-order valence-electron chi connectivity index (χ3n) is 5.88. The van der Waals surface area contributed by atoms with Crippen molar-refractivity contribution in [3.05, 3.63) is 63.7 Å². The van der Waals surface area contributed by atoms with Crippen molar-refractivity contribution in [2.75, 3.05) is 20.2 Å². The fourth-order valence-corrected chi connectivity index (χ4v) is 4.45. The first kappa shape index (κ1) is 23.8. The van der Waals surface area contributed by atoms with Gasteiger partial charge in [0.15, 0.2) is 6.10 Å². The van der Waals surface area contributed by atoms with E-state index in [9.17, 15) is 18.8 Å². The molecular formula is C25H23ClFNO6. The Kier molecular flexibility index (Phi) is 6.88. The summed E-state index contributed by atoms with van der Waals surface area (Å²) in [5, 5.41) is 0.757. The van der Waals surface area contributed by atoms with Gasteiger partial charge in [-0.1, -0.05) is 11.6 Å². The van der Waals surface area contributed by atoms with Gasteiger partial charge in [-0.2, -0.15) is 0 Å². The predicted molar refractivity (Wildman–Crippen MR) is 124 cm³/mol. The number of hydrogen-bond donors (Lipinski definition) is 0. The lowest BCUT2D eigenvalue weighted by Gasteiger charge is -2.22. The van der Waals surface area contributed by atoms with Crippen LogP contribution in [-0.4, -0.2) is 43.1 Å². The number of esters is 1. The van der Waals surface area contributed by atoms with Gasteiger partial charge in [0.25, 0.3) is 5.91 Å². The van der Waals surface area contributed by atoms with Crippen LogP contribution < -0.4 is 10.4 Å². The molecule has 0 aliphatic carbocycles. The number of benzene rings is 2. The van der Waals surface area contributed by atoms with Crippen LogP contribution in [0.3, 0.4) is 0 Å². The van der Waals surface area contributed by atoms with Crippen LogP contribution in [0.4, 0.5) is 4.39 Å². The summed E-state index contributed by atoms with van der Waals surface area (Å²) >= 11 is 6.20. The van der Waals surface area contributed by atoms with Gasteiger partial charge in [-0.05, 0) is 49.6 Å². The molecule has 0 bridgehead atoms. The van der Waals surface area contributed by atoms with Gasteiger partial charge in [-0.15, -0.1) is 0 Å². The standard InChI is InChI=1S/C25H23ClFNO6/c1-14(25(31)28-8-7-15(13-28)9-23(29)32-2)33-17-4-6-19-20(12-24(30)34-22(19)11-17)18-5-3-16(27)10-21(18)26/h3-6,10-12,14-15H,7-9,13H2,1-2H3/t14?,15-/m1/s1. The number of likely N-dealkylation sites (tertiary alicyclic amines) is 1. The monoisotopic (exact) mass is 487 g/mol. The minimum absolute atomic E-state index is 0.0650. The van der Waals surface area contributed by atoms with Crippen molar-refractivity contribution in [1.29, 1.82) is 0 Å². The fourth-order valence-electron chi connectivity index (χ4n) is 4.18. The molecular weight excluding hydrogens is 465 g/mol. The summed E-state index contributed by atoms with van der Waals surface area (Å²) in [5.74, 6) is -0.548. The van der Waals surface area contributed by atoms with E-state index in [0.29, 0.717) is 35.4 Å². The molecule has 0 spiro atoms. The van der Waals surface area contributed by atoms with Crippen LogP contribution in [0.1, 0.15) is 19.8 Å². The van der Waals surface area contributed by atoms with Crippen LogP contribution in [0.2, 0.25) is 5.02 Å². The average Bonchev–Trinajstić information content (AvgIpc) is 3.26. The van der Waals surface area contributed by atoms with Crippen molar-refractivity contribution in [3.8, 4) is 16.9 Å². The number of amides is 1. The van der Waals surface area contributed by atoms with Crippen molar-refractivity contribution in [2.24, 2.45) is 5.92 Å². The first-order valence-corrected chi connectivity index (χ1v) is 11.2. The Bertz CT molecular complexity index is 1310. The van der Waals surface area contributed by atoms with Gasteiger partial charge in [-0.25, -0.2) is 9.18 Å². The van der Waals surface area contributed by atoms with E-state index in [1.807, 2.05) is 0 Å². The van der Waals surface area contributed by atoms with Gasteiger partial charge in [0.2, 0.25) is 0 Å². The molecule has 9 heteroatoms. The number of ether oxygens (including phenoxy) is 2. The average molecular weight is 488 g/mol. The lowest BCUT2D eigenvalue weighted by Crippen LogP contribution is -2.39. The molecule has 2 atom stereocenters. The van der Waals surface area contributed by atoms with Crippen molar-refractivity contribution < 1.29 is 27.9 Å². The molecule has 1 aromatic heterocycles. The van der Waals surface area contributed by atoms with E-state index in [1.165, 1.54) is 37.4 Å². The second kappa shape index (κ2) is 9.85. The number of halogens is 2. The highest BCUT2D eigenvalue weighted by atomic mass is 35.5. The van der Waals surface area contributed by atoms with Crippen LogP contribution in [0.5, 0.6) is 5.75 Å². The van der Waals surface area contributed by atoms with Gasteiger partial charge in [0.05, 0.1) is 18.6 Å². The molecule has 4 rings (SSSR count). The van der Waals surface area contributed by atoms with Crippen LogP contribution in [0.25, 0.3) is 22.1 Å². The summed E-state index contributed by atoms with van der Waals surface area (Å²) in [7, 11) is 1.35. The summed E-state index contributed by atoms with van der Waals surface area (Å²) in [6.45, 7) is 2.66. The molecule has 2 heterocycles. The maximum Gasteiger partial charge on any atom is 0.336 e. The Morgan fingerprint density at radius 3 is 2.74 bits per heavy atom. The molecule has 1 saturated heterocycles. The summed E-state index contributed by atoms with van der Waals surface area (Å²) in [6, 6.07) is 10.1. The molecule has 1 unspecified atom stereocenters. The Labute approximate surface area is 200 Å². The first-order valence-electron chi connectivity index (χ1n) is 10.8. The number of rotatable bonds is 6. The zero-order chi connectivity index (χ0) is 24.4. The molecule has 1 aliphatic rings. The van der Waals surface area contributed by atoms with E-state index < -0.39 is 17.5 Å². The molecule has 3 aromatic rings. The maximum atomic E-state index is 13.5. The smallest absolute Gasteiger partial charge is 0.336 e. The van der Waals surface area contributed by atoms with Gasteiger partial charge in [-0.3, -0.25) is 9.59 Å². The zero-order valence-corrected chi connectivity index (χ0v) is 19.4. The molecule has 2 aromatic carbocycles. The molecule has 34 heavy (non-hydrogen) atoms. The summed E-state index contributed by atoms with van der Waals surface area (Å²) in [4.78, 5) is 38.2. The highest BCUT2D eigenvalue weighted by Crippen LogP contribution is 2.34. The summed E-state index contributed by atoms with van der Waals surface area (Å²) < 4.78 is 29.4. The predicted octanol–water partition coefficient (Wildman–Crippen LogP) is 4.43. The van der Waals surface area contributed by atoms with Crippen LogP contribution in [-0.2, 0) is 14.3 Å². The number of carbonyl (C=O) groups is 2. The number of methoxy groups -OCH3 is 1. The summed E-state index contributed by atoms with van der Waals surface area (Å²) in [5.41, 5.74) is 0.645. The molecule has 0 N–H and O–H groups in total. The summed E-state index contributed by atoms with van der Waals surface area (Å²) in [6.07, 6.45) is 0.221. The first-order chi connectivity index (χ1) is 16.2. The van der Waals surface area contributed by atoms with Gasteiger partial charge in [0.1, 0.15) is 17.1 Å². The van der Waals surface area contributed by atoms with Crippen LogP contribution in [0.15, 0.2) is 51.7 Å². The number of nitrogens with zero attached hydrogens (tertiary/aromatic N) is 1. The Balaban J connectivity index is 1.53. The molecule has 178 valence electrons. The number of hydrogen-bond acceptors (Lipinski definition) is 6. The lowest BCUT2D eigenvalue weighted by atomic mass is 10.0. The topological polar surface area (TPSA) is 86.0 Å². The number of fused-ring (bicyclic) bond motifs is 1. The minimum Gasteiger partial charge on any atom is -0.481 e. The van der Waals surface area contributed by atoms with Crippen molar-refractivity contribution in [1.82, 2.24) is 4.90 Å². The van der Waals surface area contributed by atoms with Crippen LogP contribution in [0, 0.1) is 11.7 Å². The molecule has 1 fully saturated rings. The lowest BCUT2D eigenvalue weighted by molar-refractivity contribution is -0.142. The Hall–Kier alpha value is -3.39. The Morgan fingerprint density at radius 2 is 2.00 bits per heavy atom. The van der Waals surface area contributed by atoms with E-state index in [-0.39, 0.29) is 34.8 Å². The molecule has 0 saturated carbocycles. The van der Waals surface area contributed by atoms with Crippen molar-refractivity contribution >= 4 is 34.4 Å². The van der Waals surface area contributed by atoms with Gasteiger partial charge < -0.3 is 18.8 Å². The SMILES string of the molecule is COC(=O)C[C@H]1CCN(C(=O)C(C)Oc2ccc3c(-c4ccc(F)cc4Cl)cc(=O)oc3c2)C1. The van der Waals surface area contributed by atoms with Gasteiger partial charge >= 0.3 is 11.6 Å².